The minimum absolute atomic E-state index is 0.216. The van der Waals surface area contributed by atoms with E-state index in [1.165, 1.54) is 16.8 Å². The fourth-order valence-electron chi connectivity index (χ4n) is 3.57. The highest BCUT2D eigenvalue weighted by Gasteiger charge is 2.34. The van der Waals surface area contributed by atoms with Crippen LogP contribution in [0.1, 0.15) is 26.3 Å². The zero-order valence-electron chi connectivity index (χ0n) is 16.2. The van der Waals surface area contributed by atoms with Crippen molar-refractivity contribution in [2.75, 3.05) is 11.9 Å². The molecule has 1 aliphatic heterocycles. The van der Waals surface area contributed by atoms with Gasteiger partial charge < -0.3 is 5.32 Å². The zero-order valence-corrected chi connectivity index (χ0v) is 16.2. The first-order valence-corrected chi connectivity index (χ1v) is 9.57. The molecule has 5 rings (SSSR count). The summed E-state index contributed by atoms with van der Waals surface area (Å²) in [4.78, 5) is 35.0. The lowest BCUT2D eigenvalue weighted by Gasteiger charge is -2.14. The summed E-state index contributed by atoms with van der Waals surface area (Å²) in [5.41, 5.74) is 3.62. The molecule has 0 spiro atoms. The third-order valence-electron chi connectivity index (χ3n) is 5.16. The SMILES string of the molecule is Cc1ccc(Nc2ncnc3c2cnn3CCN2C(=O)c3ccccc3C2=O)cc1. The lowest BCUT2D eigenvalue weighted by atomic mass is 10.1. The lowest BCUT2D eigenvalue weighted by Crippen LogP contribution is -2.33. The fraction of sp³-hybridized carbons (Fsp3) is 0.136. The number of nitrogens with zero attached hydrogens (tertiary/aromatic N) is 5. The first-order valence-electron chi connectivity index (χ1n) is 9.57. The van der Waals surface area contributed by atoms with E-state index in [0.29, 0.717) is 29.1 Å². The molecule has 0 radical (unpaired) electrons. The van der Waals surface area contributed by atoms with Crippen molar-refractivity contribution in [1.82, 2.24) is 24.6 Å². The molecule has 0 saturated heterocycles. The molecular formula is C22H18N6O2. The van der Waals surface area contributed by atoms with Crippen molar-refractivity contribution in [3.8, 4) is 0 Å². The number of imide groups is 1. The summed E-state index contributed by atoms with van der Waals surface area (Å²) >= 11 is 0. The number of aromatic nitrogens is 4. The molecule has 0 fully saturated rings. The van der Waals surface area contributed by atoms with Crippen LogP contribution in [0, 0.1) is 6.92 Å². The van der Waals surface area contributed by atoms with Crippen LogP contribution in [-0.4, -0.2) is 43.0 Å². The standard InChI is InChI=1S/C22H18N6O2/c1-14-6-8-15(9-7-14)26-19-18-12-25-28(20(18)24-13-23-19)11-10-27-21(29)16-4-2-3-5-17(16)22(27)30/h2-9,12-13H,10-11H2,1H3,(H,23,24,26). The Bertz CT molecular complexity index is 1240. The first kappa shape index (κ1) is 18.0. The summed E-state index contributed by atoms with van der Waals surface area (Å²) in [7, 11) is 0. The first-order chi connectivity index (χ1) is 14.6. The highest BCUT2D eigenvalue weighted by atomic mass is 16.2. The predicted octanol–water partition coefficient (Wildman–Crippen LogP) is 3.17. The number of carbonyl (C=O) groups excluding carboxylic acids is 2. The van der Waals surface area contributed by atoms with Crippen molar-refractivity contribution < 1.29 is 9.59 Å². The molecule has 0 atom stereocenters. The molecule has 8 nitrogen and oxygen atoms in total. The summed E-state index contributed by atoms with van der Waals surface area (Å²) in [6, 6.07) is 14.9. The number of hydrogen-bond acceptors (Lipinski definition) is 6. The van der Waals surface area contributed by atoms with Crippen molar-refractivity contribution in [2.45, 2.75) is 13.5 Å². The second-order valence-electron chi connectivity index (χ2n) is 7.13. The molecule has 0 bridgehead atoms. The molecule has 1 aliphatic rings. The van der Waals surface area contributed by atoms with Crippen LogP contribution in [-0.2, 0) is 6.54 Å². The minimum atomic E-state index is -0.275. The molecule has 2 aromatic carbocycles. The average Bonchev–Trinajstić information content (AvgIpc) is 3.29. The highest BCUT2D eigenvalue weighted by molar-refractivity contribution is 6.21. The van der Waals surface area contributed by atoms with Gasteiger partial charge in [0.05, 0.1) is 29.3 Å². The van der Waals surface area contributed by atoms with Crippen molar-refractivity contribution in [3.05, 3.63) is 77.7 Å². The number of benzene rings is 2. The number of anilines is 2. The Morgan fingerprint density at radius 1 is 0.900 bits per heavy atom. The van der Waals surface area contributed by atoms with Gasteiger partial charge in [-0.15, -0.1) is 0 Å². The molecular weight excluding hydrogens is 380 g/mol. The monoisotopic (exact) mass is 398 g/mol. The van der Waals surface area contributed by atoms with Gasteiger partial charge in [0.2, 0.25) is 0 Å². The van der Waals surface area contributed by atoms with Crippen LogP contribution < -0.4 is 5.32 Å². The van der Waals surface area contributed by atoms with E-state index in [9.17, 15) is 9.59 Å². The Morgan fingerprint density at radius 3 is 2.30 bits per heavy atom. The van der Waals surface area contributed by atoms with Gasteiger partial charge in [0.25, 0.3) is 11.8 Å². The molecule has 2 amide bonds. The summed E-state index contributed by atoms with van der Waals surface area (Å²) in [6.07, 6.45) is 3.16. The smallest absolute Gasteiger partial charge is 0.261 e. The van der Waals surface area contributed by atoms with Gasteiger partial charge in [0.1, 0.15) is 12.1 Å². The van der Waals surface area contributed by atoms with E-state index in [1.807, 2.05) is 31.2 Å². The molecule has 8 heteroatoms. The van der Waals surface area contributed by atoms with Crippen LogP contribution >= 0.6 is 0 Å². The van der Waals surface area contributed by atoms with Crippen LogP contribution in [0.15, 0.2) is 61.1 Å². The van der Waals surface area contributed by atoms with E-state index in [-0.39, 0.29) is 18.4 Å². The third-order valence-corrected chi connectivity index (χ3v) is 5.16. The van der Waals surface area contributed by atoms with Crippen molar-refractivity contribution in [2.24, 2.45) is 0 Å². The van der Waals surface area contributed by atoms with Gasteiger partial charge in [0.15, 0.2) is 5.65 Å². The highest BCUT2D eigenvalue weighted by Crippen LogP contribution is 2.24. The maximum absolute atomic E-state index is 12.6. The topological polar surface area (TPSA) is 93.0 Å². The van der Waals surface area contributed by atoms with Crippen LogP contribution in [0.3, 0.4) is 0 Å². The molecule has 30 heavy (non-hydrogen) atoms. The molecule has 0 unspecified atom stereocenters. The Morgan fingerprint density at radius 2 is 1.60 bits per heavy atom. The molecule has 2 aromatic heterocycles. The zero-order chi connectivity index (χ0) is 20.7. The predicted molar refractivity (Wildman–Crippen MR) is 112 cm³/mol. The van der Waals surface area contributed by atoms with E-state index in [1.54, 1.807) is 35.1 Å². The van der Waals surface area contributed by atoms with Crippen molar-refractivity contribution >= 4 is 34.4 Å². The Balaban J connectivity index is 1.37. The maximum Gasteiger partial charge on any atom is 0.261 e. The molecule has 0 saturated carbocycles. The number of hydrogen-bond donors (Lipinski definition) is 1. The third kappa shape index (κ3) is 2.98. The Kier molecular flexibility index (Phi) is 4.24. The molecule has 3 heterocycles. The quantitative estimate of drug-likeness (QED) is 0.519. The van der Waals surface area contributed by atoms with E-state index in [4.69, 9.17) is 0 Å². The average molecular weight is 398 g/mol. The molecule has 0 aliphatic carbocycles. The van der Waals surface area contributed by atoms with Gasteiger partial charge in [0, 0.05) is 12.2 Å². The lowest BCUT2D eigenvalue weighted by molar-refractivity contribution is 0.0648. The maximum atomic E-state index is 12.6. The van der Waals surface area contributed by atoms with E-state index >= 15 is 0 Å². The van der Waals surface area contributed by atoms with Crippen LogP contribution in [0.4, 0.5) is 11.5 Å². The van der Waals surface area contributed by atoms with Crippen molar-refractivity contribution in [1.29, 1.82) is 0 Å². The second kappa shape index (κ2) is 7.07. The van der Waals surface area contributed by atoms with Gasteiger partial charge in [-0.1, -0.05) is 29.8 Å². The molecule has 4 aromatic rings. The number of fused-ring (bicyclic) bond motifs is 2. The second-order valence-corrected chi connectivity index (χ2v) is 7.13. The van der Waals surface area contributed by atoms with Gasteiger partial charge in [-0.2, -0.15) is 5.10 Å². The summed E-state index contributed by atoms with van der Waals surface area (Å²) < 4.78 is 1.68. The molecule has 1 N–H and O–H groups in total. The van der Waals surface area contributed by atoms with E-state index in [2.05, 4.69) is 20.4 Å². The largest absolute Gasteiger partial charge is 0.340 e. The number of nitrogens with one attached hydrogen (secondary N) is 1. The van der Waals surface area contributed by atoms with E-state index < -0.39 is 0 Å². The van der Waals surface area contributed by atoms with Gasteiger partial charge in [-0.25, -0.2) is 14.6 Å². The van der Waals surface area contributed by atoms with Gasteiger partial charge >= 0.3 is 0 Å². The number of aryl methyl sites for hydroxylation is 1. The molecule has 148 valence electrons. The summed E-state index contributed by atoms with van der Waals surface area (Å²) in [5, 5.41) is 8.45. The fourth-order valence-corrected chi connectivity index (χ4v) is 3.57. The van der Waals surface area contributed by atoms with Crippen LogP contribution in [0.5, 0.6) is 0 Å². The Hall–Kier alpha value is -4.07. The van der Waals surface area contributed by atoms with E-state index in [0.717, 1.165) is 11.1 Å². The summed E-state index contributed by atoms with van der Waals surface area (Å²) in [5.74, 6) is 0.0997. The van der Waals surface area contributed by atoms with Gasteiger partial charge in [-0.3, -0.25) is 14.5 Å². The van der Waals surface area contributed by atoms with Crippen LogP contribution in [0.2, 0.25) is 0 Å². The van der Waals surface area contributed by atoms with Crippen LogP contribution in [0.25, 0.3) is 11.0 Å². The summed E-state index contributed by atoms with van der Waals surface area (Å²) in [6.45, 7) is 2.59. The number of carbonyl (C=O) groups is 2. The minimum Gasteiger partial charge on any atom is -0.340 e. The van der Waals surface area contributed by atoms with Gasteiger partial charge in [-0.05, 0) is 31.2 Å². The normalized spacial score (nSPS) is 13.2. The van der Waals surface area contributed by atoms with Crippen molar-refractivity contribution in [3.63, 3.8) is 0 Å². The number of rotatable bonds is 5. The number of amides is 2. The Labute approximate surface area is 172 Å².